The van der Waals surface area contributed by atoms with E-state index in [2.05, 4.69) is 46.7 Å². The van der Waals surface area contributed by atoms with Crippen LogP contribution in [0.4, 0.5) is 11.4 Å². The van der Waals surface area contributed by atoms with Gasteiger partial charge in [-0.25, -0.2) is 0 Å². The first kappa shape index (κ1) is 17.3. The molecule has 1 atom stereocenters. The quantitative estimate of drug-likeness (QED) is 0.272. The zero-order valence-electron chi connectivity index (χ0n) is 14.6. The smallest absolute Gasteiger partial charge is 0.150 e. The van der Waals surface area contributed by atoms with Crippen molar-refractivity contribution in [3.05, 3.63) is 60.2 Å². The summed E-state index contributed by atoms with van der Waals surface area (Å²) in [5, 5.41) is 21.5. The molecule has 0 amide bonds. The van der Waals surface area contributed by atoms with Crippen molar-refractivity contribution in [3.8, 4) is 11.5 Å². The molecule has 3 aromatic rings. The van der Waals surface area contributed by atoms with Crippen LogP contribution in [0.2, 0.25) is 0 Å². The Balaban J connectivity index is 1.92. The number of phenols is 1. The molecule has 1 heterocycles. The van der Waals surface area contributed by atoms with Gasteiger partial charge < -0.3 is 9.84 Å². The minimum atomic E-state index is -0.296. The average Bonchev–Trinajstić information content (AvgIpc) is 2.64. The maximum absolute atomic E-state index is 11.0. The Labute approximate surface area is 166 Å². The molecule has 1 unspecified atom stereocenters. The Bertz CT molecular complexity index is 1000. The first-order chi connectivity index (χ1) is 12.5. The third-order valence-corrected chi connectivity index (χ3v) is 6.68. The molecule has 4 rings (SSSR count). The van der Waals surface area contributed by atoms with Crippen molar-refractivity contribution in [1.82, 2.24) is 0 Å². The van der Waals surface area contributed by atoms with E-state index in [4.69, 9.17) is 4.74 Å². The van der Waals surface area contributed by atoms with Gasteiger partial charge in [0, 0.05) is 16.3 Å². The SMILES string of the molecule is CC1(C)Oc2c(c(O)c(N=Nc3ccccc3)c3ccccc23)CC1I. The number of halogens is 1. The topological polar surface area (TPSA) is 54.2 Å². The summed E-state index contributed by atoms with van der Waals surface area (Å²) in [6.45, 7) is 4.17. The van der Waals surface area contributed by atoms with Gasteiger partial charge in [0.2, 0.25) is 0 Å². The van der Waals surface area contributed by atoms with E-state index in [1.165, 1.54) is 0 Å². The molecule has 1 aliphatic heterocycles. The summed E-state index contributed by atoms with van der Waals surface area (Å²) in [4.78, 5) is 0. The summed E-state index contributed by atoms with van der Waals surface area (Å²) in [6, 6.07) is 17.4. The fraction of sp³-hybridized carbons (Fsp3) is 0.238. The second-order valence-electron chi connectivity index (χ2n) is 6.96. The molecule has 1 N–H and O–H groups in total. The molecule has 0 aromatic heterocycles. The van der Waals surface area contributed by atoms with Crippen LogP contribution in [0.3, 0.4) is 0 Å². The van der Waals surface area contributed by atoms with Crippen LogP contribution in [0, 0.1) is 0 Å². The zero-order chi connectivity index (χ0) is 18.3. The van der Waals surface area contributed by atoms with Crippen LogP contribution in [0.25, 0.3) is 10.8 Å². The summed E-state index contributed by atoms with van der Waals surface area (Å²) < 4.78 is 6.55. The van der Waals surface area contributed by atoms with E-state index >= 15 is 0 Å². The highest BCUT2D eigenvalue weighted by molar-refractivity contribution is 14.1. The second-order valence-corrected chi connectivity index (χ2v) is 8.47. The van der Waals surface area contributed by atoms with Crippen molar-refractivity contribution >= 4 is 44.7 Å². The van der Waals surface area contributed by atoms with Gasteiger partial charge in [0.15, 0.2) is 5.75 Å². The van der Waals surface area contributed by atoms with Crippen LogP contribution in [0.15, 0.2) is 64.8 Å². The molecular weight excluding hydrogens is 439 g/mol. The largest absolute Gasteiger partial charge is 0.505 e. The van der Waals surface area contributed by atoms with Crippen molar-refractivity contribution in [3.63, 3.8) is 0 Å². The number of benzene rings is 3. The minimum Gasteiger partial charge on any atom is -0.505 e. The lowest BCUT2D eigenvalue weighted by atomic mass is 9.90. The normalized spacial score (nSPS) is 18.7. The summed E-state index contributed by atoms with van der Waals surface area (Å²) in [6.07, 6.45) is 0.730. The Hall–Kier alpha value is -2.15. The average molecular weight is 458 g/mol. The highest BCUT2D eigenvalue weighted by atomic mass is 127. The van der Waals surface area contributed by atoms with E-state index < -0.39 is 0 Å². The van der Waals surface area contributed by atoms with Crippen molar-refractivity contribution in [1.29, 1.82) is 0 Å². The standard InChI is InChI=1S/C21H19IN2O2/c1-21(2)17(22)12-16-19(25)18(24-23-13-8-4-3-5-9-13)14-10-6-7-11-15(14)20(16)26-21/h3-11,17,25H,12H2,1-2H3. The second kappa shape index (κ2) is 6.54. The van der Waals surface area contributed by atoms with Crippen molar-refractivity contribution in [2.75, 3.05) is 0 Å². The predicted molar refractivity (Wildman–Crippen MR) is 112 cm³/mol. The number of hydrogen-bond acceptors (Lipinski definition) is 4. The number of nitrogens with zero attached hydrogens (tertiary/aromatic N) is 2. The van der Waals surface area contributed by atoms with Gasteiger partial charge in [-0.2, -0.15) is 5.11 Å². The third-order valence-electron chi connectivity index (χ3n) is 4.74. The molecule has 0 spiro atoms. The Morgan fingerprint density at radius 3 is 2.38 bits per heavy atom. The van der Waals surface area contributed by atoms with Crippen LogP contribution >= 0.6 is 22.6 Å². The molecule has 26 heavy (non-hydrogen) atoms. The fourth-order valence-corrected chi connectivity index (χ4v) is 3.76. The highest BCUT2D eigenvalue weighted by Crippen LogP contribution is 2.50. The molecule has 0 saturated carbocycles. The van der Waals surface area contributed by atoms with Gasteiger partial charge in [0.05, 0.1) is 9.61 Å². The first-order valence-corrected chi connectivity index (χ1v) is 9.78. The molecule has 132 valence electrons. The summed E-state index contributed by atoms with van der Waals surface area (Å²) in [5.41, 5.74) is 1.76. The van der Waals surface area contributed by atoms with Gasteiger partial charge in [0.25, 0.3) is 0 Å². The Morgan fingerprint density at radius 1 is 1.00 bits per heavy atom. The zero-order valence-corrected chi connectivity index (χ0v) is 16.8. The Kier molecular flexibility index (Phi) is 4.34. The summed E-state index contributed by atoms with van der Waals surface area (Å²) >= 11 is 2.39. The van der Waals surface area contributed by atoms with Gasteiger partial charge >= 0.3 is 0 Å². The van der Waals surface area contributed by atoms with Gasteiger partial charge in [-0.05, 0) is 32.4 Å². The molecule has 5 heteroatoms. The number of hydrogen-bond donors (Lipinski definition) is 1. The van der Waals surface area contributed by atoms with E-state index in [9.17, 15) is 5.11 Å². The molecule has 4 nitrogen and oxygen atoms in total. The van der Waals surface area contributed by atoms with Gasteiger partial charge in [-0.15, -0.1) is 5.11 Å². The van der Waals surface area contributed by atoms with Crippen LogP contribution in [-0.4, -0.2) is 14.6 Å². The van der Waals surface area contributed by atoms with Gasteiger partial charge in [-0.1, -0.05) is 65.1 Å². The number of phenolic OH excluding ortho intramolecular Hbond substituents is 1. The number of aromatic hydroxyl groups is 1. The van der Waals surface area contributed by atoms with E-state index in [0.717, 1.165) is 34.2 Å². The molecule has 0 radical (unpaired) electrons. The summed E-state index contributed by atoms with van der Waals surface area (Å²) in [7, 11) is 0. The summed E-state index contributed by atoms with van der Waals surface area (Å²) in [5.74, 6) is 0.922. The number of azo groups is 1. The highest BCUT2D eigenvalue weighted by Gasteiger charge is 2.38. The lowest BCUT2D eigenvalue weighted by Crippen LogP contribution is -2.42. The number of fused-ring (bicyclic) bond motifs is 3. The number of alkyl halides is 1. The lowest BCUT2D eigenvalue weighted by molar-refractivity contribution is 0.0978. The van der Waals surface area contributed by atoms with Crippen LogP contribution in [-0.2, 0) is 6.42 Å². The molecule has 0 bridgehead atoms. The molecule has 1 aliphatic rings. The minimum absolute atomic E-state index is 0.163. The van der Waals surface area contributed by atoms with E-state index in [0.29, 0.717) is 5.69 Å². The van der Waals surface area contributed by atoms with Crippen LogP contribution in [0.1, 0.15) is 19.4 Å². The Morgan fingerprint density at radius 2 is 1.65 bits per heavy atom. The molecule has 3 aromatic carbocycles. The predicted octanol–water partition coefficient (Wildman–Crippen LogP) is 6.48. The number of ether oxygens (including phenoxy) is 1. The lowest BCUT2D eigenvalue weighted by Gasteiger charge is -2.38. The van der Waals surface area contributed by atoms with Gasteiger partial charge in [-0.3, -0.25) is 0 Å². The van der Waals surface area contributed by atoms with E-state index in [1.807, 2.05) is 54.6 Å². The molecular formula is C21H19IN2O2. The monoisotopic (exact) mass is 458 g/mol. The number of rotatable bonds is 2. The first-order valence-electron chi connectivity index (χ1n) is 8.54. The fourth-order valence-electron chi connectivity index (χ4n) is 3.19. The molecule has 0 fully saturated rings. The van der Waals surface area contributed by atoms with Crippen molar-refractivity contribution in [2.24, 2.45) is 10.2 Å². The maximum atomic E-state index is 11.0. The molecule has 0 saturated heterocycles. The van der Waals surface area contributed by atoms with Crippen molar-refractivity contribution in [2.45, 2.75) is 29.8 Å². The maximum Gasteiger partial charge on any atom is 0.150 e. The third kappa shape index (κ3) is 2.94. The van der Waals surface area contributed by atoms with Gasteiger partial charge in [0.1, 0.15) is 17.0 Å². The van der Waals surface area contributed by atoms with E-state index in [1.54, 1.807) is 0 Å². The van der Waals surface area contributed by atoms with Crippen LogP contribution in [0.5, 0.6) is 11.5 Å². The van der Waals surface area contributed by atoms with E-state index in [-0.39, 0.29) is 15.3 Å². The molecule has 0 aliphatic carbocycles. The van der Waals surface area contributed by atoms with Crippen LogP contribution < -0.4 is 4.74 Å². The van der Waals surface area contributed by atoms with Crippen molar-refractivity contribution < 1.29 is 9.84 Å².